The molecule has 0 aliphatic carbocycles. The molecule has 0 spiro atoms. The number of hydrogen-bond acceptors (Lipinski definition) is 3. The van der Waals surface area contributed by atoms with E-state index < -0.39 is 0 Å². The Morgan fingerprint density at radius 3 is 2.94 bits per heavy atom. The smallest absolute Gasteiger partial charge is 0.227 e. The van der Waals surface area contributed by atoms with Crippen LogP contribution in [0.2, 0.25) is 0 Å². The number of carbonyl (C=O) groups excluding carboxylic acids is 2. The molecule has 2 heterocycles. The highest BCUT2D eigenvalue weighted by Gasteiger charge is 2.30. The maximum Gasteiger partial charge on any atom is 0.227 e. The summed E-state index contributed by atoms with van der Waals surface area (Å²) in [7, 11) is 0. The van der Waals surface area contributed by atoms with Crippen LogP contribution in [0.3, 0.4) is 0 Å². The molecule has 0 bridgehead atoms. The van der Waals surface area contributed by atoms with E-state index in [1.807, 2.05) is 6.92 Å². The second-order valence-corrected chi connectivity index (χ2v) is 4.73. The van der Waals surface area contributed by atoms with Gasteiger partial charge in [0.05, 0.1) is 25.0 Å². The molecule has 1 amide bonds. The summed E-state index contributed by atoms with van der Waals surface area (Å²) in [6.07, 6.45) is 6.80. The van der Waals surface area contributed by atoms with Crippen molar-refractivity contribution >= 4 is 11.7 Å². The van der Waals surface area contributed by atoms with Crippen LogP contribution >= 0.6 is 0 Å². The normalized spacial score (nSPS) is 19.8. The number of likely N-dealkylation sites (tertiary alicyclic amines) is 1. The maximum atomic E-state index is 12.2. The van der Waals surface area contributed by atoms with E-state index in [1.54, 1.807) is 23.5 Å². The van der Waals surface area contributed by atoms with E-state index in [2.05, 4.69) is 0 Å². The first kappa shape index (κ1) is 12.9. The molecule has 1 atom stereocenters. The van der Waals surface area contributed by atoms with Gasteiger partial charge in [-0.2, -0.15) is 0 Å². The molecule has 0 radical (unpaired) electrons. The number of Topliss-reactive ketones (excluding diaryl/α,β-unsaturated/α-hetero) is 1. The van der Waals surface area contributed by atoms with E-state index in [4.69, 9.17) is 4.42 Å². The summed E-state index contributed by atoms with van der Waals surface area (Å²) in [6, 6.07) is 1.58. The largest absolute Gasteiger partial charge is 0.472 e. The Morgan fingerprint density at radius 2 is 2.28 bits per heavy atom. The fraction of sp³-hybridized carbons (Fsp3) is 0.571. The highest BCUT2D eigenvalue weighted by atomic mass is 16.3. The van der Waals surface area contributed by atoms with Crippen molar-refractivity contribution in [3.63, 3.8) is 0 Å². The summed E-state index contributed by atoms with van der Waals surface area (Å²) in [6.45, 7) is 2.56. The van der Waals surface area contributed by atoms with Crippen molar-refractivity contribution in [1.82, 2.24) is 4.90 Å². The number of rotatable bonds is 4. The van der Waals surface area contributed by atoms with E-state index in [9.17, 15) is 9.59 Å². The van der Waals surface area contributed by atoms with Gasteiger partial charge in [-0.1, -0.05) is 6.92 Å². The predicted molar refractivity (Wildman–Crippen MR) is 67.1 cm³/mol. The van der Waals surface area contributed by atoms with Gasteiger partial charge < -0.3 is 9.32 Å². The monoisotopic (exact) mass is 249 g/mol. The highest BCUT2D eigenvalue weighted by Crippen LogP contribution is 2.20. The van der Waals surface area contributed by atoms with Crippen LogP contribution in [0.4, 0.5) is 0 Å². The summed E-state index contributed by atoms with van der Waals surface area (Å²) in [5, 5.41) is 0. The topological polar surface area (TPSA) is 50.5 Å². The van der Waals surface area contributed by atoms with E-state index in [1.165, 1.54) is 0 Å². The molecule has 1 aliphatic heterocycles. The van der Waals surface area contributed by atoms with Gasteiger partial charge in [-0.25, -0.2) is 0 Å². The minimum atomic E-state index is -0.205. The van der Waals surface area contributed by atoms with Crippen molar-refractivity contribution in [3.8, 4) is 0 Å². The van der Waals surface area contributed by atoms with Gasteiger partial charge >= 0.3 is 0 Å². The number of amides is 1. The lowest BCUT2D eigenvalue weighted by atomic mass is 9.96. The van der Waals surface area contributed by atoms with Crippen LogP contribution in [0.15, 0.2) is 23.0 Å². The molecule has 18 heavy (non-hydrogen) atoms. The molecule has 2 rings (SSSR count). The lowest BCUT2D eigenvalue weighted by Crippen LogP contribution is -2.48. The Bertz CT molecular complexity index is 411. The summed E-state index contributed by atoms with van der Waals surface area (Å²) in [5.41, 5.74) is 0.869. The molecule has 0 aromatic carbocycles. The number of hydrogen-bond donors (Lipinski definition) is 0. The molecule has 1 saturated heterocycles. The molecule has 1 unspecified atom stereocenters. The molecule has 4 heteroatoms. The third-order valence-corrected chi connectivity index (χ3v) is 3.48. The van der Waals surface area contributed by atoms with Crippen molar-refractivity contribution in [2.75, 3.05) is 6.54 Å². The van der Waals surface area contributed by atoms with Crippen molar-refractivity contribution < 1.29 is 14.0 Å². The standard InChI is InChI=1S/C14H19NO3/c1-2-13(16)12-5-3-4-7-15(12)14(17)9-11-6-8-18-10-11/h6,8,10,12H,2-5,7,9H2,1H3. The second kappa shape index (κ2) is 5.85. The molecule has 1 fully saturated rings. The second-order valence-electron chi connectivity index (χ2n) is 4.73. The molecule has 98 valence electrons. The highest BCUT2D eigenvalue weighted by molar-refractivity contribution is 5.89. The van der Waals surface area contributed by atoms with Crippen LogP contribution in [-0.2, 0) is 16.0 Å². The molecule has 1 aromatic rings. The lowest BCUT2D eigenvalue weighted by Gasteiger charge is -2.34. The van der Waals surface area contributed by atoms with Crippen LogP contribution in [0.25, 0.3) is 0 Å². The summed E-state index contributed by atoms with van der Waals surface area (Å²) in [4.78, 5) is 25.9. The Hall–Kier alpha value is -1.58. The molecule has 1 aliphatic rings. The quantitative estimate of drug-likeness (QED) is 0.821. The number of carbonyl (C=O) groups is 2. The number of furan rings is 1. The average molecular weight is 249 g/mol. The molecular weight excluding hydrogens is 230 g/mol. The van der Waals surface area contributed by atoms with Gasteiger partial charge in [-0.15, -0.1) is 0 Å². The minimum Gasteiger partial charge on any atom is -0.472 e. The zero-order valence-corrected chi connectivity index (χ0v) is 10.7. The van der Waals surface area contributed by atoms with Crippen molar-refractivity contribution in [1.29, 1.82) is 0 Å². The van der Waals surface area contributed by atoms with Crippen molar-refractivity contribution in [2.24, 2.45) is 0 Å². The summed E-state index contributed by atoms with van der Waals surface area (Å²) in [5.74, 6) is 0.207. The van der Waals surface area contributed by atoms with Gasteiger partial charge in [0.2, 0.25) is 5.91 Å². The zero-order valence-electron chi connectivity index (χ0n) is 10.7. The van der Waals surface area contributed by atoms with E-state index in [0.29, 0.717) is 19.4 Å². The Balaban J connectivity index is 2.04. The first-order valence-electron chi connectivity index (χ1n) is 6.55. The maximum absolute atomic E-state index is 12.2. The molecule has 0 N–H and O–H groups in total. The van der Waals surface area contributed by atoms with Gasteiger partial charge in [-0.3, -0.25) is 9.59 Å². The summed E-state index contributed by atoms with van der Waals surface area (Å²) < 4.78 is 4.96. The first-order chi connectivity index (χ1) is 8.72. The van der Waals surface area contributed by atoms with Gasteiger partial charge in [0.25, 0.3) is 0 Å². The first-order valence-corrected chi connectivity index (χ1v) is 6.55. The lowest BCUT2D eigenvalue weighted by molar-refractivity contribution is -0.140. The van der Waals surface area contributed by atoms with Gasteiger partial charge in [0.15, 0.2) is 5.78 Å². The molecule has 0 saturated carbocycles. The summed E-state index contributed by atoms with van der Waals surface area (Å²) >= 11 is 0. The zero-order chi connectivity index (χ0) is 13.0. The number of ketones is 1. The van der Waals surface area contributed by atoms with Crippen LogP contribution in [0.5, 0.6) is 0 Å². The third-order valence-electron chi connectivity index (χ3n) is 3.48. The fourth-order valence-corrected chi connectivity index (χ4v) is 2.47. The Morgan fingerprint density at radius 1 is 1.44 bits per heavy atom. The van der Waals surface area contributed by atoms with E-state index >= 15 is 0 Å². The van der Waals surface area contributed by atoms with Gasteiger partial charge in [0, 0.05) is 13.0 Å². The van der Waals surface area contributed by atoms with E-state index in [0.717, 1.165) is 24.8 Å². The SMILES string of the molecule is CCC(=O)C1CCCCN1C(=O)Cc1ccoc1. The van der Waals surface area contributed by atoms with Crippen LogP contribution in [0, 0.1) is 0 Å². The van der Waals surface area contributed by atoms with Gasteiger partial charge in [-0.05, 0) is 30.9 Å². The number of nitrogens with zero attached hydrogens (tertiary/aromatic N) is 1. The van der Waals surface area contributed by atoms with Crippen LogP contribution in [-0.4, -0.2) is 29.2 Å². The molecule has 4 nitrogen and oxygen atoms in total. The predicted octanol–water partition coefficient (Wildman–Crippen LogP) is 2.18. The molecular formula is C14H19NO3. The average Bonchev–Trinajstić information content (AvgIpc) is 2.90. The minimum absolute atomic E-state index is 0.0305. The van der Waals surface area contributed by atoms with Crippen LogP contribution in [0.1, 0.15) is 38.2 Å². The van der Waals surface area contributed by atoms with E-state index in [-0.39, 0.29) is 17.7 Å². The van der Waals surface area contributed by atoms with Crippen molar-refractivity contribution in [2.45, 2.75) is 45.1 Å². The third kappa shape index (κ3) is 2.81. The van der Waals surface area contributed by atoms with Crippen LogP contribution < -0.4 is 0 Å². The Kier molecular flexibility index (Phi) is 4.18. The van der Waals surface area contributed by atoms with Gasteiger partial charge in [0.1, 0.15) is 0 Å². The van der Waals surface area contributed by atoms with Crippen molar-refractivity contribution in [3.05, 3.63) is 24.2 Å². The number of piperidine rings is 1. The fourth-order valence-electron chi connectivity index (χ4n) is 2.47. The Labute approximate surface area is 107 Å². The molecule has 1 aromatic heterocycles.